The lowest BCUT2D eigenvalue weighted by atomic mass is 10.2. The molecule has 152 valence electrons. The van der Waals surface area contributed by atoms with E-state index in [2.05, 4.69) is 15.5 Å². The van der Waals surface area contributed by atoms with Gasteiger partial charge in [0, 0.05) is 6.07 Å². The van der Waals surface area contributed by atoms with Crippen molar-refractivity contribution in [1.82, 2.24) is 0 Å². The minimum atomic E-state index is -1.53. The Hall–Kier alpha value is -3.53. The number of nitrogens with zero attached hydrogens (tertiary/aromatic N) is 3. The first kappa shape index (κ1) is 21.8. The lowest BCUT2D eigenvalue weighted by Gasteiger charge is -2.14. The molecule has 11 heteroatoms. The number of carbonyl (C=O) groups is 2. The summed E-state index contributed by atoms with van der Waals surface area (Å²) in [5, 5.41) is 21.0. The minimum absolute atomic E-state index is 0.0677. The molecule has 1 N–H and O–H groups in total. The van der Waals surface area contributed by atoms with Crippen LogP contribution in [-0.2, 0) is 9.59 Å². The Balaban J connectivity index is 2.30. The van der Waals surface area contributed by atoms with Crippen LogP contribution in [0, 0.1) is 10.1 Å². The van der Waals surface area contributed by atoms with Crippen LogP contribution in [0.4, 0.5) is 17.1 Å². The summed E-state index contributed by atoms with van der Waals surface area (Å²) in [6, 6.07) is 7.04. The van der Waals surface area contributed by atoms with Gasteiger partial charge in [-0.3, -0.25) is 19.7 Å². The third-order valence-corrected chi connectivity index (χ3v) is 4.11. The molecule has 0 fully saturated rings. The number of ketones is 1. The second kappa shape index (κ2) is 9.60. The maximum absolute atomic E-state index is 12.6. The number of Topliss-reactive ketones (excluding diaryl/α,β-unsaturated/α-hetero) is 1. The van der Waals surface area contributed by atoms with Crippen molar-refractivity contribution in [3.05, 3.63) is 51.5 Å². The number of halogens is 1. The van der Waals surface area contributed by atoms with E-state index in [9.17, 15) is 19.7 Å². The molecular formula is C18H17ClN4O6. The first-order chi connectivity index (χ1) is 13.8. The van der Waals surface area contributed by atoms with Crippen molar-refractivity contribution >= 4 is 40.4 Å². The van der Waals surface area contributed by atoms with E-state index in [4.69, 9.17) is 21.1 Å². The van der Waals surface area contributed by atoms with Crippen LogP contribution in [0.1, 0.15) is 6.92 Å². The lowest BCUT2D eigenvalue weighted by molar-refractivity contribution is -0.384. The number of nitro benzene ring substituents is 1. The Morgan fingerprint density at radius 1 is 1.17 bits per heavy atom. The zero-order chi connectivity index (χ0) is 21.6. The van der Waals surface area contributed by atoms with Gasteiger partial charge in [-0.1, -0.05) is 23.7 Å². The Morgan fingerprint density at radius 3 is 2.45 bits per heavy atom. The van der Waals surface area contributed by atoms with Crippen molar-refractivity contribution in [3.8, 4) is 11.5 Å². The highest BCUT2D eigenvalue weighted by Crippen LogP contribution is 2.40. The number of rotatable bonds is 8. The zero-order valence-electron chi connectivity index (χ0n) is 15.7. The van der Waals surface area contributed by atoms with Gasteiger partial charge in [-0.25, -0.2) is 0 Å². The molecule has 0 radical (unpaired) electrons. The van der Waals surface area contributed by atoms with Gasteiger partial charge >= 0.3 is 0 Å². The molecule has 0 spiro atoms. The SMILES string of the molecule is COc1ccc(NC(=O)C(N=Nc2ccccc2[N+](=O)[O-])C(C)=O)c(Cl)c1OC. The number of nitro groups is 1. The molecule has 0 saturated heterocycles. The first-order valence-corrected chi connectivity index (χ1v) is 8.54. The van der Waals surface area contributed by atoms with Gasteiger partial charge in [0.2, 0.25) is 6.04 Å². The van der Waals surface area contributed by atoms with Crippen LogP contribution >= 0.6 is 11.6 Å². The third-order valence-electron chi connectivity index (χ3n) is 3.74. The molecule has 0 aliphatic carbocycles. The zero-order valence-corrected chi connectivity index (χ0v) is 16.5. The highest BCUT2D eigenvalue weighted by molar-refractivity contribution is 6.35. The van der Waals surface area contributed by atoms with E-state index in [1.807, 2.05) is 0 Å². The molecule has 0 saturated carbocycles. The number of anilines is 1. The van der Waals surface area contributed by atoms with Gasteiger partial charge < -0.3 is 14.8 Å². The molecule has 10 nitrogen and oxygen atoms in total. The fourth-order valence-corrected chi connectivity index (χ4v) is 2.61. The molecule has 29 heavy (non-hydrogen) atoms. The van der Waals surface area contributed by atoms with Crippen LogP contribution in [0.5, 0.6) is 11.5 Å². The number of methoxy groups -OCH3 is 2. The monoisotopic (exact) mass is 420 g/mol. The van der Waals surface area contributed by atoms with Gasteiger partial charge in [0.05, 0.1) is 24.8 Å². The predicted octanol–water partition coefficient (Wildman–Crippen LogP) is 3.95. The fraction of sp³-hybridized carbons (Fsp3) is 0.222. The normalized spacial score (nSPS) is 11.7. The van der Waals surface area contributed by atoms with E-state index in [0.29, 0.717) is 5.75 Å². The summed E-state index contributed by atoms with van der Waals surface area (Å²) in [5.41, 5.74) is -0.218. The van der Waals surface area contributed by atoms with Crippen molar-refractivity contribution in [2.75, 3.05) is 19.5 Å². The second-order valence-corrected chi connectivity index (χ2v) is 6.00. The van der Waals surface area contributed by atoms with Crippen molar-refractivity contribution in [1.29, 1.82) is 0 Å². The molecule has 1 amide bonds. The van der Waals surface area contributed by atoms with Crippen LogP contribution in [0.3, 0.4) is 0 Å². The molecule has 0 aromatic heterocycles. The molecule has 0 bridgehead atoms. The highest BCUT2D eigenvalue weighted by atomic mass is 35.5. The number of hydrogen-bond donors (Lipinski definition) is 1. The van der Waals surface area contributed by atoms with E-state index < -0.39 is 22.7 Å². The van der Waals surface area contributed by atoms with Gasteiger partial charge in [-0.05, 0) is 25.1 Å². The summed E-state index contributed by atoms with van der Waals surface area (Å²) in [7, 11) is 2.82. The molecule has 1 atom stereocenters. The molecule has 2 rings (SSSR count). The van der Waals surface area contributed by atoms with E-state index in [1.54, 1.807) is 0 Å². The average Bonchev–Trinajstić information content (AvgIpc) is 2.69. The van der Waals surface area contributed by atoms with Crippen molar-refractivity contribution in [2.24, 2.45) is 10.2 Å². The minimum Gasteiger partial charge on any atom is -0.493 e. The summed E-state index contributed by atoms with van der Waals surface area (Å²) in [6.07, 6.45) is 0. The molecule has 0 aliphatic rings. The third kappa shape index (κ3) is 5.05. The quantitative estimate of drug-likeness (QED) is 0.297. The molecule has 2 aromatic rings. The maximum Gasteiger partial charge on any atom is 0.296 e. The molecule has 2 aromatic carbocycles. The second-order valence-electron chi connectivity index (χ2n) is 5.63. The summed E-state index contributed by atoms with van der Waals surface area (Å²) >= 11 is 6.22. The molecule has 0 heterocycles. The summed E-state index contributed by atoms with van der Waals surface area (Å²) in [5.74, 6) is -0.863. The topological polar surface area (TPSA) is 132 Å². The van der Waals surface area contributed by atoms with Crippen molar-refractivity contribution in [2.45, 2.75) is 13.0 Å². The Bertz CT molecular complexity index is 979. The number of carbonyl (C=O) groups excluding carboxylic acids is 2. The van der Waals surface area contributed by atoms with Gasteiger partial charge in [0.15, 0.2) is 23.0 Å². The predicted molar refractivity (Wildman–Crippen MR) is 105 cm³/mol. The molecule has 0 aliphatic heterocycles. The Kier molecular flexibility index (Phi) is 7.21. The van der Waals surface area contributed by atoms with Gasteiger partial charge in [-0.15, -0.1) is 5.11 Å². The average molecular weight is 421 g/mol. The maximum atomic E-state index is 12.6. The fourth-order valence-electron chi connectivity index (χ4n) is 2.33. The van der Waals surface area contributed by atoms with E-state index >= 15 is 0 Å². The van der Waals surface area contributed by atoms with Crippen LogP contribution in [-0.4, -0.2) is 36.9 Å². The highest BCUT2D eigenvalue weighted by Gasteiger charge is 2.25. The van der Waals surface area contributed by atoms with Crippen molar-refractivity contribution in [3.63, 3.8) is 0 Å². The van der Waals surface area contributed by atoms with Crippen LogP contribution < -0.4 is 14.8 Å². The summed E-state index contributed by atoms with van der Waals surface area (Å²) < 4.78 is 10.3. The number of para-hydroxylation sites is 1. The van der Waals surface area contributed by atoms with Crippen LogP contribution in [0.2, 0.25) is 5.02 Å². The molecule has 1 unspecified atom stereocenters. The van der Waals surface area contributed by atoms with E-state index in [1.165, 1.54) is 50.6 Å². The van der Waals surface area contributed by atoms with E-state index in [0.717, 1.165) is 6.92 Å². The lowest BCUT2D eigenvalue weighted by Crippen LogP contribution is -2.32. The van der Waals surface area contributed by atoms with E-state index in [-0.39, 0.29) is 27.8 Å². The summed E-state index contributed by atoms with van der Waals surface area (Å²) in [4.78, 5) is 34.9. The van der Waals surface area contributed by atoms with Crippen molar-refractivity contribution < 1.29 is 24.0 Å². The number of hydrogen-bond acceptors (Lipinski definition) is 8. The standard InChI is InChI=1S/C18H17ClN4O6/c1-10(24)16(22-21-11-6-4-5-7-13(11)23(26)27)18(25)20-12-8-9-14(28-2)17(29-3)15(12)19/h4-9,16H,1-3H3,(H,20,25). The smallest absolute Gasteiger partial charge is 0.296 e. The summed E-state index contributed by atoms with van der Waals surface area (Å²) in [6.45, 7) is 1.15. The van der Waals surface area contributed by atoms with Crippen LogP contribution in [0.25, 0.3) is 0 Å². The largest absolute Gasteiger partial charge is 0.493 e. The molecular weight excluding hydrogens is 404 g/mol. The number of nitrogens with one attached hydrogen (secondary N) is 1. The Labute approximate surface area is 170 Å². The number of benzene rings is 2. The van der Waals surface area contributed by atoms with Crippen LogP contribution in [0.15, 0.2) is 46.6 Å². The Morgan fingerprint density at radius 2 is 1.86 bits per heavy atom. The van der Waals surface area contributed by atoms with Gasteiger partial charge in [0.1, 0.15) is 5.02 Å². The first-order valence-electron chi connectivity index (χ1n) is 8.16. The number of azo groups is 1. The van der Waals surface area contributed by atoms with Gasteiger partial charge in [-0.2, -0.15) is 5.11 Å². The number of ether oxygens (including phenoxy) is 2. The number of amides is 1. The van der Waals surface area contributed by atoms with Gasteiger partial charge in [0.25, 0.3) is 11.6 Å².